The Kier molecular flexibility index (Phi) is 14.1. The van der Waals surface area contributed by atoms with Crippen LogP contribution in [0.25, 0.3) is 21.1 Å². The number of aromatic amines is 2. The first-order chi connectivity index (χ1) is 30.5. The summed E-state index contributed by atoms with van der Waals surface area (Å²) < 4.78 is 79.1. The molecule has 0 aromatic carbocycles. The molecule has 0 radical (unpaired) electrons. The maximum atomic E-state index is 12.9. The van der Waals surface area contributed by atoms with E-state index in [9.17, 15) is 55.1 Å². The average Bonchev–Trinajstić information content (AvgIpc) is 4.07. The highest BCUT2D eigenvalue weighted by atomic mass is 35.5. The highest BCUT2D eigenvalue weighted by Crippen LogP contribution is 2.35. The fourth-order valence-corrected chi connectivity index (χ4v) is 7.97. The number of hydrogen-bond acceptors (Lipinski definition) is 14. The molecule has 1 amide bonds. The molecule has 6 aromatic heterocycles. The molecule has 0 aliphatic carbocycles. The lowest BCUT2D eigenvalue weighted by molar-refractivity contribution is -0.142. The van der Waals surface area contributed by atoms with Gasteiger partial charge in [-0.1, -0.05) is 0 Å². The fraction of sp³-hybridized carbons (Fsp3) is 0.282. The van der Waals surface area contributed by atoms with Crippen molar-refractivity contribution in [2.24, 2.45) is 24.1 Å². The topological polar surface area (TPSA) is 232 Å². The van der Waals surface area contributed by atoms with Gasteiger partial charge in [-0.05, 0) is 37.1 Å². The molecule has 340 valence electrons. The first kappa shape index (κ1) is 47.7. The number of hydrogen-bond donors (Lipinski definition) is 3. The van der Waals surface area contributed by atoms with Crippen molar-refractivity contribution in [1.29, 1.82) is 0 Å². The molecule has 0 saturated carbocycles. The van der Waals surface area contributed by atoms with E-state index in [1.807, 2.05) is 0 Å². The van der Waals surface area contributed by atoms with Crippen LogP contribution in [0.2, 0.25) is 0 Å². The van der Waals surface area contributed by atoms with Crippen molar-refractivity contribution in [3.63, 3.8) is 0 Å². The lowest BCUT2D eigenvalue weighted by Crippen LogP contribution is -2.31. The molecule has 2 aliphatic rings. The number of carbonyl (C=O) groups is 2. The average molecular weight is 964 g/mol. The smallest absolute Gasteiger partial charge is 0.310 e. The summed E-state index contributed by atoms with van der Waals surface area (Å²) in [4.78, 5) is 97.5. The van der Waals surface area contributed by atoms with E-state index in [1.165, 1.54) is 59.7 Å². The Bertz CT molecular complexity index is 3130. The molecular formula is C39H32ClF6N11O6S2. The molecule has 1 atom stereocenters. The number of ketones is 1. The van der Waals surface area contributed by atoms with E-state index < -0.39 is 52.5 Å². The first-order valence-electron chi connectivity index (χ1n) is 18.6. The molecule has 0 fully saturated rings. The molecule has 1 unspecified atom stereocenters. The molecule has 65 heavy (non-hydrogen) atoms. The Morgan fingerprint density at radius 1 is 0.815 bits per heavy atom. The van der Waals surface area contributed by atoms with Gasteiger partial charge < -0.3 is 5.32 Å². The summed E-state index contributed by atoms with van der Waals surface area (Å²) >= 11 is 7.80. The molecule has 0 bridgehead atoms. The van der Waals surface area contributed by atoms with Gasteiger partial charge in [-0.25, -0.2) is 29.5 Å². The summed E-state index contributed by atoms with van der Waals surface area (Å²) in [6.07, 6.45) is -3.20. The Morgan fingerprint density at radius 3 is 1.94 bits per heavy atom. The van der Waals surface area contributed by atoms with E-state index in [4.69, 9.17) is 11.6 Å². The number of nitrogens with zero attached hydrogens (tertiary/aromatic N) is 8. The Hall–Kier alpha value is -6.73. The van der Waals surface area contributed by atoms with E-state index in [2.05, 4.69) is 45.2 Å². The minimum Gasteiger partial charge on any atom is -0.310 e. The quantitative estimate of drug-likeness (QED) is 0.120. The highest BCUT2D eigenvalue weighted by Gasteiger charge is 2.35. The minimum atomic E-state index is -4.54. The van der Waals surface area contributed by atoms with Gasteiger partial charge in [0.1, 0.15) is 38.9 Å². The number of anilines is 1. The first-order valence-corrected chi connectivity index (χ1v) is 20.9. The molecule has 6 aromatic rings. The number of carbonyl (C=O) groups excluding carboxylic acids is 2. The number of fused-ring (bicyclic) bond motifs is 2. The number of pyridine rings is 2. The Morgan fingerprint density at radius 2 is 1.37 bits per heavy atom. The van der Waals surface area contributed by atoms with Crippen LogP contribution in [-0.2, 0) is 48.9 Å². The van der Waals surface area contributed by atoms with Gasteiger partial charge in [0.15, 0.2) is 5.78 Å². The van der Waals surface area contributed by atoms with Crippen LogP contribution in [0.1, 0.15) is 51.7 Å². The maximum Gasteiger partial charge on any atom is 0.433 e. The molecule has 17 nitrogen and oxygen atoms in total. The third kappa shape index (κ3) is 11.0. The Balaban J connectivity index is 0.000000181. The zero-order valence-corrected chi connectivity index (χ0v) is 36.4. The van der Waals surface area contributed by atoms with Crippen LogP contribution in [0.15, 0.2) is 64.4 Å². The summed E-state index contributed by atoms with van der Waals surface area (Å²) in [6, 6.07) is 2.73. The minimum absolute atomic E-state index is 0.0328. The van der Waals surface area contributed by atoms with Crippen LogP contribution >= 0.6 is 34.3 Å². The third-order valence-corrected chi connectivity index (χ3v) is 11.5. The predicted octanol–water partition coefficient (Wildman–Crippen LogP) is 5.96. The monoisotopic (exact) mass is 963 g/mol. The number of nitrogens with one attached hydrogen (secondary N) is 3. The number of halogens is 7. The van der Waals surface area contributed by atoms with Gasteiger partial charge in [-0.3, -0.25) is 48.2 Å². The largest absolute Gasteiger partial charge is 0.433 e. The van der Waals surface area contributed by atoms with Gasteiger partial charge in [0.25, 0.3) is 11.1 Å². The van der Waals surface area contributed by atoms with E-state index >= 15 is 0 Å². The summed E-state index contributed by atoms with van der Waals surface area (Å²) in [5, 5.41) is 6.76. The number of aromatic nitrogens is 8. The molecular weight excluding hydrogens is 932 g/mol. The number of Topliss-reactive ketones (excluding diaryl/α,β-unsaturated/α-hetero) is 1. The van der Waals surface area contributed by atoms with Crippen molar-refractivity contribution in [2.45, 2.75) is 51.4 Å². The van der Waals surface area contributed by atoms with Gasteiger partial charge in [0.05, 0.1) is 29.1 Å². The lowest BCUT2D eigenvalue weighted by atomic mass is 10.0. The van der Waals surface area contributed by atoms with Crippen LogP contribution in [0, 0.1) is 13.8 Å². The van der Waals surface area contributed by atoms with Gasteiger partial charge >= 0.3 is 23.7 Å². The fourth-order valence-electron chi connectivity index (χ4n) is 6.34. The van der Waals surface area contributed by atoms with E-state index in [0.29, 0.717) is 44.6 Å². The van der Waals surface area contributed by atoms with Gasteiger partial charge in [0, 0.05) is 79.6 Å². The van der Waals surface area contributed by atoms with E-state index in [0.717, 1.165) is 23.7 Å². The predicted molar refractivity (Wildman–Crippen MR) is 230 cm³/mol. The molecule has 26 heteroatoms. The van der Waals surface area contributed by atoms with Crippen molar-refractivity contribution >= 4 is 75.8 Å². The van der Waals surface area contributed by atoms with Crippen LogP contribution in [0.4, 0.5) is 43.8 Å². The van der Waals surface area contributed by atoms with E-state index in [-0.39, 0.29) is 58.4 Å². The highest BCUT2D eigenvalue weighted by molar-refractivity contribution is 7.13. The molecule has 3 N–H and O–H groups in total. The van der Waals surface area contributed by atoms with Crippen molar-refractivity contribution in [3.05, 3.63) is 116 Å². The number of aryl methyl sites for hydroxylation is 2. The second-order valence-corrected chi connectivity index (χ2v) is 16.1. The van der Waals surface area contributed by atoms with Crippen LogP contribution in [-0.4, -0.2) is 69.0 Å². The number of thiazole rings is 2. The van der Waals surface area contributed by atoms with Gasteiger partial charge in [-0.2, -0.15) is 26.3 Å². The summed E-state index contributed by atoms with van der Waals surface area (Å²) in [7, 11) is 3.05. The van der Waals surface area contributed by atoms with Crippen LogP contribution in [0.5, 0.6) is 0 Å². The number of H-pyrrole nitrogens is 2. The van der Waals surface area contributed by atoms with Gasteiger partial charge in [-0.15, -0.1) is 34.3 Å². The molecule has 8 heterocycles. The zero-order valence-electron chi connectivity index (χ0n) is 34.0. The summed E-state index contributed by atoms with van der Waals surface area (Å²) in [5.41, 5.74) is -1.56. The SMILES string of the molecule is Cc1cc(-c2nc(CC(=O)CCl)cs2)cnc1C(F)(F)F.Cc1cc(-c2nc(NC(=O)CC3C=Nc4c3c(=O)[nH]c(=O)n4C)cs2)cnc1C(F)(F)F.Cn1c2c(c(=O)[nH]c1=O)CC=N2. The number of alkyl halides is 7. The zero-order chi connectivity index (χ0) is 47.5. The lowest BCUT2D eigenvalue weighted by Gasteiger charge is -2.10. The molecule has 8 rings (SSSR count). The molecule has 0 spiro atoms. The second-order valence-electron chi connectivity index (χ2n) is 14.1. The Labute approximate surface area is 373 Å². The number of amides is 1. The third-order valence-electron chi connectivity index (χ3n) is 9.42. The van der Waals surface area contributed by atoms with Crippen molar-refractivity contribution in [1.82, 2.24) is 39.0 Å². The summed E-state index contributed by atoms with van der Waals surface area (Å²) in [6.45, 7) is 2.67. The second kappa shape index (κ2) is 19.2. The molecule has 0 saturated heterocycles. The standard InChI is InChI=1S/C19H15F3N6O3S.C13H10ClF3N2OS.C7H7N3O2/c1-8-3-10(6-23-14(8)19(20,21)22)17-26-11(7-32-17)25-12(29)4-9-5-24-15-13(9)16(30)27-18(31)28(15)2;1-7-2-8(5-18-11(7)13(15,16)17)12-19-9(6-21-12)3-10(20)4-14;1-10-5-4(2-3-8-5)6(11)9-7(10)12/h3,5-7,9H,4H2,1-2H3,(H,25,29)(H,27,30,31);2,5-6H,3-4H2,1H3;3H,2H2,1H3,(H,9,11,12). The van der Waals surface area contributed by atoms with Crippen molar-refractivity contribution in [2.75, 3.05) is 11.2 Å². The molecule has 2 aliphatic heterocycles. The summed E-state index contributed by atoms with van der Waals surface area (Å²) in [5.74, 6) is -0.399. The number of aliphatic imine (C=N–C) groups is 2. The number of rotatable bonds is 8. The van der Waals surface area contributed by atoms with E-state index in [1.54, 1.807) is 24.0 Å². The van der Waals surface area contributed by atoms with Crippen LogP contribution < -0.4 is 27.8 Å². The van der Waals surface area contributed by atoms with Crippen LogP contribution in [0.3, 0.4) is 0 Å². The van der Waals surface area contributed by atoms with Crippen molar-refractivity contribution < 1.29 is 35.9 Å². The normalized spacial score (nSPS) is 13.7. The maximum absolute atomic E-state index is 12.9. The van der Waals surface area contributed by atoms with Gasteiger partial charge in [0.2, 0.25) is 5.91 Å². The van der Waals surface area contributed by atoms with Crippen molar-refractivity contribution in [3.8, 4) is 21.1 Å².